The first kappa shape index (κ1) is 15.6. The lowest BCUT2D eigenvalue weighted by molar-refractivity contribution is 0.102. The van der Waals surface area contributed by atoms with E-state index in [9.17, 15) is 4.79 Å². The molecule has 0 saturated carbocycles. The molecule has 0 unspecified atom stereocenters. The number of para-hydroxylation sites is 1. The van der Waals surface area contributed by atoms with Gasteiger partial charge in [0.15, 0.2) is 5.82 Å². The van der Waals surface area contributed by atoms with Crippen LogP contribution < -0.4 is 5.32 Å². The van der Waals surface area contributed by atoms with Gasteiger partial charge < -0.3 is 5.32 Å². The minimum Gasteiger partial charge on any atom is -0.305 e. The van der Waals surface area contributed by atoms with Gasteiger partial charge in [-0.3, -0.25) is 4.79 Å². The van der Waals surface area contributed by atoms with Crippen molar-refractivity contribution in [1.82, 2.24) is 9.78 Å². The third-order valence-corrected chi connectivity index (χ3v) is 4.00. The Kier molecular flexibility index (Phi) is 4.37. The van der Waals surface area contributed by atoms with Crippen molar-refractivity contribution in [3.05, 3.63) is 75.9 Å². The van der Waals surface area contributed by atoms with Crippen LogP contribution in [0.25, 0.3) is 5.69 Å². The van der Waals surface area contributed by atoms with Gasteiger partial charge in [-0.2, -0.15) is 0 Å². The van der Waals surface area contributed by atoms with Crippen molar-refractivity contribution in [2.24, 2.45) is 0 Å². The number of aryl methyl sites for hydroxylation is 1. The summed E-state index contributed by atoms with van der Waals surface area (Å²) < 4.78 is 1.54. The summed E-state index contributed by atoms with van der Waals surface area (Å²) in [6.45, 7) is 1.89. The predicted molar refractivity (Wildman–Crippen MR) is 92.7 cm³/mol. The van der Waals surface area contributed by atoms with Crippen LogP contribution in [0.15, 0.2) is 54.7 Å². The number of aromatic nitrogens is 2. The second-order valence-electron chi connectivity index (χ2n) is 4.98. The Hall–Kier alpha value is -2.30. The number of carbonyl (C=O) groups excluding carboxylic acids is 1. The molecular formula is C17H13Cl2N3O. The largest absolute Gasteiger partial charge is 0.305 e. The van der Waals surface area contributed by atoms with Gasteiger partial charge in [-0.05, 0) is 30.7 Å². The van der Waals surface area contributed by atoms with Crippen LogP contribution in [-0.4, -0.2) is 15.7 Å². The van der Waals surface area contributed by atoms with E-state index >= 15 is 0 Å². The SMILES string of the molecule is Cc1ccccc1C(=O)Nc1ccn(-c2c(Cl)cccc2Cl)n1. The first-order valence-electron chi connectivity index (χ1n) is 6.93. The molecule has 0 fully saturated rings. The molecule has 0 spiro atoms. The Morgan fingerprint density at radius 1 is 1.04 bits per heavy atom. The molecule has 116 valence electrons. The van der Waals surface area contributed by atoms with Gasteiger partial charge in [-0.1, -0.05) is 47.5 Å². The number of rotatable bonds is 3. The van der Waals surface area contributed by atoms with Crippen LogP contribution >= 0.6 is 23.2 Å². The highest BCUT2D eigenvalue weighted by atomic mass is 35.5. The number of anilines is 1. The number of benzene rings is 2. The molecule has 0 saturated heterocycles. The fourth-order valence-electron chi connectivity index (χ4n) is 2.23. The van der Waals surface area contributed by atoms with Gasteiger partial charge in [0.2, 0.25) is 0 Å². The molecule has 1 aromatic heterocycles. The van der Waals surface area contributed by atoms with E-state index in [2.05, 4.69) is 10.4 Å². The molecule has 1 N–H and O–H groups in total. The molecule has 0 aliphatic heterocycles. The maximum absolute atomic E-state index is 12.3. The average Bonchev–Trinajstić information content (AvgIpc) is 2.95. The Morgan fingerprint density at radius 2 is 1.74 bits per heavy atom. The first-order valence-corrected chi connectivity index (χ1v) is 7.69. The van der Waals surface area contributed by atoms with Crippen LogP contribution in [0.3, 0.4) is 0 Å². The maximum Gasteiger partial charge on any atom is 0.257 e. The molecule has 4 nitrogen and oxygen atoms in total. The molecule has 1 amide bonds. The Labute approximate surface area is 143 Å². The second-order valence-corrected chi connectivity index (χ2v) is 5.80. The summed E-state index contributed by atoms with van der Waals surface area (Å²) in [6, 6.07) is 14.3. The zero-order valence-electron chi connectivity index (χ0n) is 12.3. The molecular weight excluding hydrogens is 333 g/mol. The van der Waals surface area contributed by atoms with Crippen LogP contribution in [0.5, 0.6) is 0 Å². The summed E-state index contributed by atoms with van der Waals surface area (Å²) in [5.41, 5.74) is 2.09. The number of amides is 1. The third-order valence-electron chi connectivity index (χ3n) is 3.39. The minimum atomic E-state index is -0.210. The number of hydrogen-bond acceptors (Lipinski definition) is 2. The highest BCUT2D eigenvalue weighted by molar-refractivity contribution is 6.37. The van der Waals surface area contributed by atoms with Gasteiger partial charge in [0.05, 0.1) is 10.0 Å². The van der Waals surface area contributed by atoms with Crippen molar-refractivity contribution in [2.75, 3.05) is 5.32 Å². The summed E-state index contributed by atoms with van der Waals surface area (Å²) in [4.78, 5) is 12.3. The Morgan fingerprint density at radius 3 is 2.43 bits per heavy atom. The van der Waals surface area contributed by atoms with Gasteiger partial charge in [0.1, 0.15) is 5.69 Å². The summed E-state index contributed by atoms with van der Waals surface area (Å²) in [5, 5.41) is 8.05. The van der Waals surface area contributed by atoms with E-state index in [1.165, 1.54) is 4.68 Å². The third kappa shape index (κ3) is 3.23. The van der Waals surface area contributed by atoms with Gasteiger partial charge in [0.25, 0.3) is 5.91 Å². The molecule has 23 heavy (non-hydrogen) atoms. The normalized spacial score (nSPS) is 10.6. The van der Waals surface area contributed by atoms with E-state index in [0.717, 1.165) is 5.56 Å². The molecule has 0 radical (unpaired) electrons. The molecule has 1 heterocycles. The quantitative estimate of drug-likeness (QED) is 0.745. The van der Waals surface area contributed by atoms with E-state index in [1.807, 2.05) is 25.1 Å². The minimum absolute atomic E-state index is 0.210. The van der Waals surface area contributed by atoms with Gasteiger partial charge in [-0.15, -0.1) is 5.10 Å². The van der Waals surface area contributed by atoms with Gasteiger partial charge in [0, 0.05) is 17.8 Å². The first-order chi connectivity index (χ1) is 11.1. The Bertz CT molecular complexity index is 854. The van der Waals surface area contributed by atoms with Crippen LogP contribution in [-0.2, 0) is 0 Å². The molecule has 0 aliphatic carbocycles. The molecule has 0 bridgehead atoms. The second kappa shape index (κ2) is 6.44. The van der Waals surface area contributed by atoms with Crippen molar-refractivity contribution in [2.45, 2.75) is 6.92 Å². The summed E-state index contributed by atoms with van der Waals surface area (Å²) >= 11 is 12.3. The van der Waals surface area contributed by atoms with Crippen LogP contribution in [0.4, 0.5) is 5.82 Å². The van der Waals surface area contributed by atoms with Crippen molar-refractivity contribution in [3.8, 4) is 5.69 Å². The lowest BCUT2D eigenvalue weighted by Gasteiger charge is -2.07. The lowest BCUT2D eigenvalue weighted by atomic mass is 10.1. The van der Waals surface area contributed by atoms with E-state index in [1.54, 1.807) is 36.5 Å². The number of halogens is 2. The topological polar surface area (TPSA) is 46.9 Å². The number of hydrogen-bond donors (Lipinski definition) is 1. The van der Waals surface area contributed by atoms with Crippen LogP contribution in [0.2, 0.25) is 10.0 Å². The molecule has 0 atom stereocenters. The number of nitrogens with zero attached hydrogens (tertiary/aromatic N) is 2. The summed E-state index contributed by atoms with van der Waals surface area (Å²) in [6.07, 6.45) is 1.69. The standard InChI is InChI=1S/C17H13Cl2N3O/c1-11-5-2-3-6-12(11)17(23)20-15-9-10-22(21-15)16-13(18)7-4-8-14(16)19/h2-10H,1H3,(H,20,21,23). The van der Waals surface area contributed by atoms with Crippen molar-refractivity contribution in [3.63, 3.8) is 0 Å². The lowest BCUT2D eigenvalue weighted by Crippen LogP contribution is -2.14. The smallest absolute Gasteiger partial charge is 0.257 e. The maximum atomic E-state index is 12.3. The zero-order chi connectivity index (χ0) is 16.4. The monoisotopic (exact) mass is 345 g/mol. The van der Waals surface area contributed by atoms with Gasteiger partial charge >= 0.3 is 0 Å². The fraction of sp³-hybridized carbons (Fsp3) is 0.0588. The molecule has 0 aliphatic rings. The fourth-order valence-corrected chi connectivity index (χ4v) is 2.80. The van der Waals surface area contributed by atoms with Crippen LogP contribution in [0.1, 0.15) is 15.9 Å². The van der Waals surface area contributed by atoms with E-state index < -0.39 is 0 Å². The van der Waals surface area contributed by atoms with Gasteiger partial charge in [-0.25, -0.2) is 4.68 Å². The molecule has 3 rings (SSSR count). The van der Waals surface area contributed by atoms with Crippen molar-refractivity contribution < 1.29 is 4.79 Å². The predicted octanol–water partition coefficient (Wildman–Crippen LogP) is 4.74. The summed E-state index contributed by atoms with van der Waals surface area (Å²) in [5.74, 6) is 0.216. The van der Waals surface area contributed by atoms with E-state index in [0.29, 0.717) is 27.1 Å². The van der Waals surface area contributed by atoms with Crippen molar-refractivity contribution in [1.29, 1.82) is 0 Å². The summed E-state index contributed by atoms with van der Waals surface area (Å²) in [7, 11) is 0. The number of nitrogens with one attached hydrogen (secondary N) is 1. The van der Waals surface area contributed by atoms with Crippen LogP contribution in [0, 0.1) is 6.92 Å². The highest BCUT2D eigenvalue weighted by Crippen LogP contribution is 2.28. The van der Waals surface area contributed by atoms with Crippen molar-refractivity contribution >= 4 is 34.9 Å². The van der Waals surface area contributed by atoms with E-state index in [-0.39, 0.29) is 5.91 Å². The molecule has 3 aromatic rings. The highest BCUT2D eigenvalue weighted by Gasteiger charge is 2.12. The average molecular weight is 346 g/mol. The molecule has 6 heteroatoms. The zero-order valence-corrected chi connectivity index (χ0v) is 13.8. The number of carbonyl (C=O) groups is 1. The van der Waals surface area contributed by atoms with E-state index in [4.69, 9.17) is 23.2 Å². The Balaban J connectivity index is 1.86. The molecule has 2 aromatic carbocycles.